The molecule has 0 amide bonds. The summed E-state index contributed by atoms with van der Waals surface area (Å²) in [6.45, 7) is 4.26. The molecule has 3 aromatic rings. The highest BCUT2D eigenvalue weighted by Crippen LogP contribution is 2.41. The number of nitrogens with one attached hydrogen (secondary N) is 1. The maximum Gasteiger partial charge on any atom is 0.243 e. The molecule has 2 heterocycles. The molecule has 0 bridgehead atoms. The Labute approximate surface area is 158 Å². The van der Waals surface area contributed by atoms with Crippen molar-refractivity contribution in [3.63, 3.8) is 0 Å². The highest BCUT2D eigenvalue weighted by Gasteiger charge is 2.32. The highest BCUT2D eigenvalue weighted by molar-refractivity contribution is 5.46. The number of aromatic nitrogens is 4. The number of methoxy groups -OCH3 is 2. The number of anilines is 1. The van der Waals surface area contributed by atoms with Crippen LogP contribution in [0, 0.1) is 13.8 Å². The van der Waals surface area contributed by atoms with E-state index in [0.29, 0.717) is 5.95 Å². The average molecular weight is 365 g/mol. The zero-order valence-corrected chi connectivity index (χ0v) is 15.9. The van der Waals surface area contributed by atoms with Crippen LogP contribution in [0.2, 0.25) is 0 Å². The topological polar surface area (TPSA) is 74.1 Å². The second-order valence-electron chi connectivity index (χ2n) is 6.85. The Morgan fingerprint density at radius 3 is 2.63 bits per heavy atom. The summed E-state index contributed by atoms with van der Waals surface area (Å²) in [6.07, 6.45) is 0.796. The Kier molecular flexibility index (Phi) is 4.43. The van der Waals surface area contributed by atoms with Gasteiger partial charge in [-0.05, 0) is 65.6 Å². The highest BCUT2D eigenvalue weighted by atomic mass is 16.5. The molecule has 27 heavy (non-hydrogen) atoms. The number of benzene rings is 2. The fraction of sp³-hybridized carbons (Fsp3) is 0.350. The number of nitrogens with zero attached hydrogens (tertiary/aromatic N) is 4. The van der Waals surface area contributed by atoms with Crippen molar-refractivity contribution >= 4 is 5.95 Å². The van der Waals surface area contributed by atoms with Gasteiger partial charge < -0.3 is 14.8 Å². The summed E-state index contributed by atoms with van der Waals surface area (Å²) in [5, 5.41) is 15.7. The van der Waals surface area contributed by atoms with Crippen LogP contribution in [-0.2, 0) is 0 Å². The van der Waals surface area contributed by atoms with Crippen molar-refractivity contribution in [3.05, 3.63) is 58.7 Å². The first-order valence-corrected chi connectivity index (χ1v) is 8.94. The number of rotatable bonds is 4. The number of ether oxygens (including phenoxy) is 2. The zero-order chi connectivity index (χ0) is 19.0. The van der Waals surface area contributed by atoms with E-state index in [1.54, 1.807) is 14.2 Å². The third-order valence-electron chi connectivity index (χ3n) is 5.28. The van der Waals surface area contributed by atoms with Crippen LogP contribution in [0.25, 0.3) is 0 Å². The van der Waals surface area contributed by atoms with E-state index in [9.17, 15) is 0 Å². The van der Waals surface area contributed by atoms with E-state index in [4.69, 9.17) is 9.47 Å². The van der Waals surface area contributed by atoms with E-state index >= 15 is 0 Å². The first kappa shape index (κ1) is 17.3. The lowest BCUT2D eigenvalue weighted by molar-refractivity contribution is 0.371. The van der Waals surface area contributed by atoms with Gasteiger partial charge in [0.15, 0.2) is 0 Å². The molecule has 2 aromatic carbocycles. The molecule has 0 spiro atoms. The Morgan fingerprint density at radius 1 is 1.04 bits per heavy atom. The van der Waals surface area contributed by atoms with Crippen LogP contribution >= 0.6 is 0 Å². The smallest absolute Gasteiger partial charge is 0.243 e. The van der Waals surface area contributed by atoms with Gasteiger partial charge in [0.25, 0.3) is 0 Å². The van der Waals surface area contributed by atoms with Gasteiger partial charge in [0.2, 0.25) is 5.95 Å². The van der Waals surface area contributed by atoms with Crippen LogP contribution in [0.15, 0.2) is 36.4 Å². The van der Waals surface area contributed by atoms with Gasteiger partial charge >= 0.3 is 0 Å². The van der Waals surface area contributed by atoms with Crippen LogP contribution in [0.4, 0.5) is 5.95 Å². The molecular formula is C20H23N5O2. The molecule has 2 atom stereocenters. The number of fused-ring (bicyclic) bond motifs is 1. The molecule has 1 aromatic heterocycles. The fourth-order valence-electron chi connectivity index (χ4n) is 3.60. The van der Waals surface area contributed by atoms with Crippen molar-refractivity contribution in [1.29, 1.82) is 0 Å². The van der Waals surface area contributed by atoms with Crippen molar-refractivity contribution in [2.45, 2.75) is 32.4 Å². The number of aryl methyl sites for hydroxylation is 2. The van der Waals surface area contributed by atoms with E-state index in [2.05, 4.69) is 52.9 Å². The SMILES string of the molecule is COc1ccc(OC)c([C@H]2C[C@H](c3ccc(C)c(C)c3)Nc3nnnn32)c1. The van der Waals surface area contributed by atoms with Crippen molar-refractivity contribution in [3.8, 4) is 11.5 Å². The van der Waals surface area contributed by atoms with E-state index in [1.165, 1.54) is 16.7 Å². The summed E-state index contributed by atoms with van der Waals surface area (Å²) < 4.78 is 12.8. The minimum absolute atomic E-state index is 0.0621. The van der Waals surface area contributed by atoms with Gasteiger partial charge in [0, 0.05) is 5.56 Å². The van der Waals surface area contributed by atoms with Gasteiger partial charge in [-0.15, -0.1) is 0 Å². The van der Waals surface area contributed by atoms with Crippen LogP contribution in [-0.4, -0.2) is 34.4 Å². The third kappa shape index (κ3) is 3.09. The molecule has 1 aliphatic heterocycles. The number of tetrazole rings is 1. The van der Waals surface area contributed by atoms with Crippen LogP contribution in [0.3, 0.4) is 0 Å². The number of hydrogen-bond donors (Lipinski definition) is 1. The Bertz CT molecular complexity index is 969. The Morgan fingerprint density at radius 2 is 1.89 bits per heavy atom. The first-order chi connectivity index (χ1) is 13.1. The quantitative estimate of drug-likeness (QED) is 0.763. The lowest BCUT2D eigenvalue weighted by Crippen LogP contribution is -2.28. The lowest BCUT2D eigenvalue weighted by atomic mass is 9.91. The van der Waals surface area contributed by atoms with E-state index < -0.39 is 0 Å². The third-order valence-corrected chi connectivity index (χ3v) is 5.28. The largest absolute Gasteiger partial charge is 0.497 e. The molecular weight excluding hydrogens is 342 g/mol. The molecule has 0 unspecified atom stereocenters. The molecule has 7 heteroatoms. The van der Waals surface area contributed by atoms with Gasteiger partial charge in [-0.25, -0.2) is 4.68 Å². The summed E-state index contributed by atoms with van der Waals surface area (Å²) >= 11 is 0. The summed E-state index contributed by atoms with van der Waals surface area (Å²) in [5.41, 5.74) is 4.78. The second-order valence-corrected chi connectivity index (χ2v) is 6.85. The van der Waals surface area contributed by atoms with E-state index in [1.807, 2.05) is 22.9 Å². The minimum Gasteiger partial charge on any atom is -0.497 e. The fourth-order valence-corrected chi connectivity index (χ4v) is 3.60. The first-order valence-electron chi connectivity index (χ1n) is 8.94. The second kappa shape index (κ2) is 6.90. The van der Waals surface area contributed by atoms with Crippen molar-refractivity contribution in [2.75, 3.05) is 19.5 Å². The molecule has 0 fully saturated rings. The summed E-state index contributed by atoms with van der Waals surface area (Å²) in [4.78, 5) is 0. The Balaban J connectivity index is 1.78. The van der Waals surface area contributed by atoms with Crippen molar-refractivity contribution in [1.82, 2.24) is 20.2 Å². The Hall–Kier alpha value is -3.09. The van der Waals surface area contributed by atoms with Crippen LogP contribution in [0.1, 0.15) is 40.8 Å². The molecule has 0 saturated heterocycles. The normalized spacial score (nSPS) is 18.5. The summed E-state index contributed by atoms with van der Waals surface area (Å²) in [5.74, 6) is 2.23. The molecule has 4 rings (SSSR count). The zero-order valence-electron chi connectivity index (χ0n) is 15.9. The molecule has 1 aliphatic rings. The maximum atomic E-state index is 5.61. The van der Waals surface area contributed by atoms with E-state index in [0.717, 1.165) is 23.5 Å². The number of hydrogen-bond acceptors (Lipinski definition) is 6. The molecule has 1 N–H and O–H groups in total. The molecule has 140 valence electrons. The van der Waals surface area contributed by atoms with Crippen molar-refractivity contribution in [2.24, 2.45) is 0 Å². The van der Waals surface area contributed by atoms with Crippen molar-refractivity contribution < 1.29 is 9.47 Å². The summed E-state index contributed by atoms with van der Waals surface area (Å²) in [6, 6.07) is 12.4. The van der Waals surface area contributed by atoms with Gasteiger partial charge in [0.1, 0.15) is 11.5 Å². The molecule has 0 radical (unpaired) electrons. The maximum absolute atomic E-state index is 5.61. The van der Waals surface area contributed by atoms with E-state index in [-0.39, 0.29) is 12.1 Å². The predicted octanol–water partition coefficient (Wildman–Crippen LogP) is 3.45. The predicted molar refractivity (Wildman–Crippen MR) is 102 cm³/mol. The minimum atomic E-state index is -0.0621. The van der Waals surface area contributed by atoms with Gasteiger partial charge in [-0.1, -0.05) is 23.3 Å². The standard InChI is InChI=1S/C20H23N5O2/c1-12-5-6-14(9-13(12)2)17-11-18(25-20(21-17)22-23-24-25)16-10-15(26-3)7-8-19(16)27-4/h5-10,17-18H,11H2,1-4H3,(H,21,22,24)/t17-,18-/m1/s1. The van der Waals surface area contributed by atoms with Gasteiger partial charge in [-0.3, -0.25) is 0 Å². The molecule has 0 saturated carbocycles. The lowest BCUT2D eigenvalue weighted by Gasteiger charge is -2.32. The summed E-state index contributed by atoms with van der Waals surface area (Å²) in [7, 11) is 3.34. The molecule has 7 nitrogen and oxygen atoms in total. The monoisotopic (exact) mass is 365 g/mol. The van der Waals surface area contributed by atoms with Crippen LogP contribution < -0.4 is 14.8 Å². The average Bonchev–Trinajstić information content (AvgIpc) is 3.17. The molecule has 0 aliphatic carbocycles. The van der Waals surface area contributed by atoms with Crippen LogP contribution in [0.5, 0.6) is 11.5 Å². The van der Waals surface area contributed by atoms with Gasteiger partial charge in [0.05, 0.1) is 26.3 Å². The van der Waals surface area contributed by atoms with Gasteiger partial charge in [-0.2, -0.15) is 0 Å².